The van der Waals surface area contributed by atoms with Crippen LogP contribution in [0.3, 0.4) is 0 Å². The lowest BCUT2D eigenvalue weighted by Gasteiger charge is -2.20. The van der Waals surface area contributed by atoms with Crippen molar-refractivity contribution in [3.63, 3.8) is 0 Å². The predicted molar refractivity (Wildman–Crippen MR) is 95.6 cm³/mol. The Balaban J connectivity index is 2.48. The Morgan fingerprint density at radius 2 is 1.83 bits per heavy atom. The third kappa shape index (κ3) is 3.93. The Morgan fingerprint density at radius 3 is 2.50 bits per heavy atom. The van der Waals surface area contributed by atoms with Crippen LogP contribution in [0.5, 0.6) is 5.75 Å². The first-order valence-electron chi connectivity index (χ1n) is 7.64. The molecular weight excluding hydrogens is 304 g/mol. The molecule has 0 fully saturated rings. The van der Waals surface area contributed by atoms with Gasteiger partial charge >= 0.3 is 0 Å². The van der Waals surface area contributed by atoms with Gasteiger partial charge in [0.15, 0.2) is 0 Å². The molecule has 5 heteroatoms. The fourth-order valence-corrected chi connectivity index (χ4v) is 2.24. The Labute approximate surface area is 142 Å². The van der Waals surface area contributed by atoms with E-state index in [0.29, 0.717) is 22.9 Å². The van der Waals surface area contributed by atoms with Gasteiger partial charge in [-0.25, -0.2) is 0 Å². The number of para-hydroxylation sites is 1. The molecule has 0 saturated carbocycles. The molecule has 0 aliphatic heterocycles. The highest BCUT2D eigenvalue weighted by molar-refractivity contribution is 6.04. The normalized spacial score (nSPS) is 11.1. The topological polar surface area (TPSA) is 51.1 Å². The van der Waals surface area contributed by atoms with Crippen LogP contribution < -0.4 is 9.64 Å². The van der Waals surface area contributed by atoms with Gasteiger partial charge in [0.25, 0.3) is 5.90 Å². The molecule has 0 N–H and O–H groups in total. The van der Waals surface area contributed by atoms with Crippen molar-refractivity contribution in [2.45, 2.75) is 20.8 Å². The monoisotopic (exact) mass is 326 g/mol. The molecule has 2 rings (SSSR count). The fraction of sp³-hybridized carbons (Fsp3) is 0.263. The number of ether oxygens (including phenoxy) is 1. The van der Waals surface area contributed by atoms with Crippen LogP contribution in [-0.2, 0) is 9.63 Å². The first kappa shape index (κ1) is 17.5. The number of anilines is 1. The van der Waals surface area contributed by atoms with E-state index in [4.69, 9.17) is 9.57 Å². The number of oxime groups is 1. The van der Waals surface area contributed by atoms with Crippen LogP contribution in [0.2, 0.25) is 0 Å². The summed E-state index contributed by atoms with van der Waals surface area (Å²) in [6.07, 6.45) is 0. The van der Waals surface area contributed by atoms with Crippen molar-refractivity contribution in [2.24, 2.45) is 5.16 Å². The second kappa shape index (κ2) is 7.64. The summed E-state index contributed by atoms with van der Waals surface area (Å²) >= 11 is 0. The smallest absolute Gasteiger partial charge is 0.265 e. The SMILES string of the molecule is CO/N=C(/Oc1cc(C)ccc1C)c1ccccc1N(C)C(C)=O. The average Bonchev–Trinajstić information content (AvgIpc) is 2.57. The number of benzene rings is 2. The maximum absolute atomic E-state index is 11.7. The van der Waals surface area contributed by atoms with E-state index in [1.165, 1.54) is 14.0 Å². The first-order chi connectivity index (χ1) is 11.4. The molecule has 0 aliphatic carbocycles. The molecule has 0 bridgehead atoms. The van der Waals surface area contributed by atoms with Crippen molar-refractivity contribution in [3.05, 3.63) is 59.2 Å². The van der Waals surface area contributed by atoms with Gasteiger partial charge < -0.3 is 14.5 Å². The summed E-state index contributed by atoms with van der Waals surface area (Å²) in [5.74, 6) is 0.923. The zero-order valence-corrected chi connectivity index (χ0v) is 14.7. The van der Waals surface area contributed by atoms with Crippen molar-refractivity contribution in [3.8, 4) is 5.75 Å². The van der Waals surface area contributed by atoms with E-state index in [1.807, 2.05) is 56.3 Å². The van der Waals surface area contributed by atoms with Gasteiger partial charge in [0.05, 0.1) is 11.3 Å². The van der Waals surface area contributed by atoms with Crippen LogP contribution in [0.4, 0.5) is 5.69 Å². The number of carbonyl (C=O) groups excluding carboxylic acids is 1. The molecule has 2 aromatic rings. The Hall–Kier alpha value is -2.82. The summed E-state index contributed by atoms with van der Waals surface area (Å²) in [7, 11) is 3.17. The van der Waals surface area contributed by atoms with Crippen molar-refractivity contribution in [2.75, 3.05) is 19.1 Å². The van der Waals surface area contributed by atoms with Gasteiger partial charge in [-0.3, -0.25) is 4.79 Å². The minimum absolute atomic E-state index is 0.0778. The number of carbonyl (C=O) groups is 1. The highest BCUT2D eigenvalue weighted by Gasteiger charge is 2.18. The maximum atomic E-state index is 11.7. The van der Waals surface area contributed by atoms with Crippen LogP contribution in [0, 0.1) is 13.8 Å². The molecule has 2 aromatic carbocycles. The average molecular weight is 326 g/mol. The first-order valence-corrected chi connectivity index (χ1v) is 7.64. The largest absolute Gasteiger partial charge is 0.436 e. The Kier molecular flexibility index (Phi) is 5.58. The van der Waals surface area contributed by atoms with Gasteiger partial charge in [-0.15, -0.1) is 0 Å². The van der Waals surface area contributed by atoms with Crippen molar-refractivity contribution in [1.29, 1.82) is 0 Å². The summed E-state index contributed by atoms with van der Waals surface area (Å²) in [6, 6.07) is 13.4. The molecule has 0 heterocycles. The van der Waals surface area contributed by atoms with Gasteiger partial charge in [-0.1, -0.05) is 24.3 Å². The molecule has 0 spiro atoms. The van der Waals surface area contributed by atoms with Crippen LogP contribution in [0.15, 0.2) is 47.6 Å². The second-order valence-corrected chi connectivity index (χ2v) is 5.55. The molecule has 126 valence electrons. The van der Waals surface area contributed by atoms with Crippen LogP contribution in [0.25, 0.3) is 0 Å². The summed E-state index contributed by atoms with van der Waals surface area (Å²) < 4.78 is 6.01. The van der Waals surface area contributed by atoms with E-state index in [1.54, 1.807) is 11.9 Å². The summed E-state index contributed by atoms with van der Waals surface area (Å²) in [4.78, 5) is 18.3. The minimum atomic E-state index is -0.0778. The van der Waals surface area contributed by atoms with Gasteiger partial charge in [-0.2, -0.15) is 0 Å². The lowest BCUT2D eigenvalue weighted by atomic mass is 10.1. The number of rotatable bonds is 4. The highest BCUT2D eigenvalue weighted by atomic mass is 16.6. The molecule has 0 unspecified atom stereocenters. The number of hydrogen-bond donors (Lipinski definition) is 0. The maximum Gasteiger partial charge on any atom is 0.265 e. The summed E-state index contributed by atoms with van der Waals surface area (Å²) in [5.41, 5.74) is 3.45. The van der Waals surface area contributed by atoms with Gasteiger partial charge in [0.1, 0.15) is 12.9 Å². The standard InChI is InChI=1S/C19H22N2O3/c1-13-10-11-14(2)18(12-13)24-19(20-23-5)16-8-6-7-9-17(16)21(4)15(3)22/h6-12H,1-5H3/b20-19+. The molecule has 1 amide bonds. The molecule has 0 atom stereocenters. The van der Waals surface area contributed by atoms with E-state index in [9.17, 15) is 4.79 Å². The zero-order valence-electron chi connectivity index (χ0n) is 14.7. The summed E-state index contributed by atoms with van der Waals surface area (Å²) in [5, 5.41) is 4.02. The zero-order chi connectivity index (χ0) is 17.7. The molecule has 5 nitrogen and oxygen atoms in total. The summed E-state index contributed by atoms with van der Waals surface area (Å²) in [6.45, 7) is 5.47. The number of amides is 1. The quantitative estimate of drug-likeness (QED) is 0.489. The van der Waals surface area contributed by atoms with Crippen LogP contribution >= 0.6 is 0 Å². The second-order valence-electron chi connectivity index (χ2n) is 5.55. The predicted octanol–water partition coefficient (Wildman–Crippen LogP) is 3.67. The van der Waals surface area contributed by atoms with Gasteiger partial charge in [0.2, 0.25) is 5.91 Å². The number of aryl methyl sites for hydroxylation is 2. The van der Waals surface area contributed by atoms with Gasteiger partial charge in [0, 0.05) is 14.0 Å². The highest BCUT2D eigenvalue weighted by Crippen LogP contribution is 2.25. The van der Waals surface area contributed by atoms with Crippen LogP contribution in [0.1, 0.15) is 23.6 Å². The third-order valence-corrected chi connectivity index (χ3v) is 3.69. The fourth-order valence-electron chi connectivity index (χ4n) is 2.24. The Bertz CT molecular complexity index is 769. The molecule has 0 aliphatic rings. The van der Waals surface area contributed by atoms with E-state index < -0.39 is 0 Å². The minimum Gasteiger partial charge on any atom is -0.436 e. The number of nitrogens with zero attached hydrogens (tertiary/aromatic N) is 2. The molecule has 0 aromatic heterocycles. The van der Waals surface area contributed by atoms with E-state index in [-0.39, 0.29) is 5.91 Å². The van der Waals surface area contributed by atoms with E-state index >= 15 is 0 Å². The molecule has 0 radical (unpaired) electrons. The number of hydrogen-bond acceptors (Lipinski definition) is 4. The lowest BCUT2D eigenvalue weighted by Crippen LogP contribution is -2.26. The lowest BCUT2D eigenvalue weighted by molar-refractivity contribution is -0.116. The van der Waals surface area contributed by atoms with Crippen LogP contribution in [-0.4, -0.2) is 26.0 Å². The van der Waals surface area contributed by atoms with Gasteiger partial charge in [-0.05, 0) is 48.3 Å². The van der Waals surface area contributed by atoms with Crippen molar-refractivity contribution < 1.29 is 14.4 Å². The van der Waals surface area contributed by atoms with E-state index in [0.717, 1.165) is 11.1 Å². The van der Waals surface area contributed by atoms with Crippen molar-refractivity contribution >= 4 is 17.5 Å². The third-order valence-electron chi connectivity index (χ3n) is 3.69. The van der Waals surface area contributed by atoms with Crippen molar-refractivity contribution in [1.82, 2.24) is 0 Å². The Morgan fingerprint density at radius 1 is 1.12 bits per heavy atom. The molecule has 24 heavy (non-hydrogen) atoms. The molecule has 0 saturated heterocycles. The molecular formula is C19H22N2O3. The van der Waals surface area contributed by atoms with E-state index in [2.05, 4.69) is 5.16 Å².